The van der Waals surface area contributed by atoms with Crippen molar-refractivity contribution in [3.8, 4) is 0 Å². The number of nitrogens with two attached hydrogens (primary N) is 2. The molecule has 262 valence electrons. The molecule has 2 heteroatoms. The molecule has 0 aliphatic heterocycles. The standard InChI is InChI=1S/C47H64N2/c1-6-9-10-11-12-16-31-47(38-17-14-13-15-18-38,39-23-19-36(20-24-39)43(7-2)45-29-27-41(48)32-34(45)4)40-25-21-37(22-26-40)44(8-3)46-30-28-42(49)33-35(46)5/h19-30,32-33,38,43-44H,6-18,31,48-49H2,1-5H3. The number of benzene rings is 4. The number of nitrogen functional groups attached to an aromatic ring is 2. The second-order valence-corrected chi connectivity index (χ2v) is 15.2. The molecule has 4 aromatic rings. The van der Waals surface area contributed by atoms with E-state index in [4.69, 9.17) is 11.5 Å². The van der Waals surface area contributed by atoms with Crippen molar-refractivity contribution in [1.82, 2.24) is 0 Å². The molecule has 1 aliphatic rings. The van der Waals surface area contributed by atoms with Crippen LogP contribution in [0.3, 0.4) is 0 Å². The summed E-state index contributed by atoms with van der Waals surface area (Å²) in [6, 6.07) is 32.8. The van der Waals surface area contributed by atoms with Gasteiger partial charge in [-0.3, -0.25) is 0 Å². The van der Waals surface area contributed by atoms with Crippen molar-refractivity contribution in [2.24, 2.45) is 5.92 Å². The molecule has 4 N–H and O–H groups in total. The predicted molar refractivity (Wildman–Crippen MR) is 214 cm³/mol. The third kappa shape index (κ3) is 8.45. The lowest BCUT2D eigenvalue weighted by Crippen LogP contribution is -2.38. The van der Waals surface area contributed by atoms with Crippen molar-refractivity contribution < 1.29 is 0 Å². The number of hydrogen-bond acceptors (Lipinski definition) is 2. The highest BCUT2D eigenvalue weighted by atomic mass is 14.5. The van der Waals surface area contributed by atoms with Crippen molar-refractivity contribution >= 4 is 11.4 Å². The van der Waals surface area contributed by atoms with Crippen molar-refractivity contribution in [1.29, 1.82) is 0 Å². The van der Waals surface area contributed by atoms with E-state index in [0.717, 1.165) is 24.2 Å². The first-order valence-corrected chi connectivity index (χ1v) is 19.7. The highest BCUT2D eigenvalue weighted by molar-refractivity contribution is 5.51. The minimum atomic E-state index is 0.0277. The predicted octanol–water partition coefficient (Wildman–Crippen LogP) is 13.2. The summed E-state index contributed by atoms with van der Waals surface area (Å²) < 4.78 is 0. The zero-order chi connectivity index (χ0) is 34.8. The van der Waals surface area contributed by atoms with Gasteiger partial charge in [-0.05, 0) is 121 Å². The van der Waals surface area contributed by atoms with E-state index in [1.807, 2.05) is 0 Å². The first-order valence-electron chi connectivity index (χ1n) is 19.7. The quantitative estimate of drug-likeness (QED) is 0.0931. The van der Waals surface area contributed by atoms with Crippen LogP contribution in [0.5, 0.6) is 0 Å². The van der Waals surface area contributed by atoms with Crippen molar-refractivity contribution in [2.45, 2.75) is 142 Å². The van der Waals surface area contributed by atoms with Crippen LogP contribution < -0.4 is 11.5 Å². The van der Waals surface area contributed by atoms with Gasteiger partial charge in [-0.25, -0.2) is 0 Å². The Morgan fingerprint density at radius 3 is 1.45 bits per heavy atom. The molecule has 1 saturated carbocycles. The summed E-state index contributed by atoms with van der Waals surface area (Å²) in [5.74, 6) is 1.41. The van der Waals surface area contributed by atoms with E-state index >= 15 is 0 Å². The maximum Gasteiger partial charge on any atom is 0.0316 e. The Morgan fingerprint density at radius 1 is 0.571 bits per heavy atom. The summed E-state index contributed by atoms with van der Waals surface area (Å²) >= 11 is 0. The zero-order valence-corrected chi connectivity index (χ0v) is 31.4. The van der Waals surface area contributed by atoms with Gasteiger partial charge in [0, 0.05) is 28.6 Å². The van der Waals surface area contributed by atoms with E-state index in [2.05, 4.69) is 120 Å². The normalized spacial score (nSPS) is 16.3. The van der Waals surface area contributed by atoms with Gasteiger partial charge in [-0.15, -0.1) is 0 Å². The zero-order valence-electron chi connectivity index (χ0n) is 31.4. The largest absolute Gasteiger partial charge is 0.399 e. The van der Waals surface area contributed by atoms with Crippen molar-refractivity contribution in [2.75, 3.05) is 11.5 Å². The Balaban J connectivity index is 1.56. The van der Waals surface area contributed by atoms with Gasteiger partial charge in [-0.1, -0.05) is 139 Å². The van der Waals surface area contributed by atoms with Gasteiger partial charge in [-0.2, -0.15) is 0 Å². The van der Waals surface area contributed by atoms with E-state index in [0.29, 0.717) is 17.8 Å². The maximum absolute atomic E-state index is 6.15. The molecule has 0 spiro atoms. The third-order valence-electron chi connectivity index (χ3n) is 12.0. The second kappa shape index (κ2) is 17.4. The van der Waals surface area contributed by atoms with Crippen LogP contribution >= 0.6 is 0 Å². The third-order valence-corrected chi connectivity index (χ3v) is 12.0. The lowest BCUT2D eigenvalue weighted by molar-refractivity contribution is 0.220. The average Bonchev–Trinajstić information content (AvgIpc) is 3.11. The molecule has 2 nitrogen and oxygen atoms in total. The number of unbranched alkanes of at least 4 members (excludes halogenated alkanes) is 5. The molecule has 4 aromatic carbocycles. The van der Waals surface area contributed by atoms with Gasteiger partial charge in [0.25, 0.3) is 0 Å². The van der Waals surface area contributed by atoms with Gasteiger partial charge < -0.3 is 11.5 Å². The molecule has 1 aliphatic carbocycles. The van der Waals surface area contributed by atoms with Crippen LogP contribution in [0.1, 0.15) is 167 Å². The van der Waals surface area contributed by atoms with Crippen LogP contribution in [0.2, 0.25) is 0 Å². The highest BCUT2D eigenvalue weighted by Crippen LogP contribution is 2.50. The summed E-state index contributed by atoms with van der Waals surface area (Å²) in [6.07, 6.45) is 18.1. The first kappa shape index (κ1) is 36.8. The van der Waals surface area contributed by atoms with Gasteiger partial charge in [0.2, 0.25) is 0 Å². The average molecular weight is 657 g/mol. The molecule has 5 rings (SSSR count). The van der Waals surface area contributed by atoms with E-state index in [1.165, 1.54) is 122 Å². The van der Waals surface area contributed by atoms with Gasteiger partial charge >= 0.3 is 0 Å². The minimum Gasteiger partial charge on any atom is -0.399 e. The van der Waals surface area contributed by atoms with Crippen molar-refractivity contribution in [3.05, 3.63) is 129 Å². The Kier molecular flexibility index (Phi) is 13.1. The molecule has 0 aromatic heterocycles. The van der Waals surface area contributed by atoms with E-state index < -0.39 is 0 Å². The molecule has 0 radical (unpaired) electrons. The molecule has 2 atom stereocenters. The van der Waals surface area contributed by atoms with Crippen LogP contribution in [0.4, 0.5) is 11.4 Å². The van der Waals surface area contributed by atoms with Crippen molar-refractivity contribution in [3.63, 3.8) is 0 Å². The summed E-state index contributed by atoms with van der Waals surface area (Å²) in [7, 11) is 0. The second-order valence-electron chi connectivity index (χ2n) is 15.2. The van der Waals surface area contributed by atoms with Gasteiger partial charge in [0.1, 0.15) is 0 Å². The number of hydrogen-bond donors (Lipinski definition) is 2. The topological polar surface area (TPSA) is 52.0 Å². The SMILES string of the molecule is CCCCCCCCC(c1ccc(C(CC)c2ccc(N)cc2C)cc1)(c1ccc(C(CC)c2ccc(N)cc2C)cc1)C1CCCCC1. The summed E-state index contributed by atoms with van der Waals surface area (Å²) in [4.78, 5) is 0. The monoisotopic (exact) mass is 657 g/mol. The molecule has 1 fully saturated rings. The Bertz CT molecular complexity index is 1490. The van der Waals surface area contributed by atoms with Crippen LogP contribution in [0.15, 0.2) is 84.9 Å². The number of rotatable bonds is 16. The van der Waals surface area contributed by atoms with Gasteiger partial charge in [0.05, 0.1) is 0 Å². The van der Waals surface area contributed by atoms with E-state index in [-0.39, 0.29) is 5.41 Å². The molecule has 2 unspecified atom stereocenters. The maximum atomic E-state index is 6.15. The summed E-state index contributed by atoms with van der Waals surface area (Å²) in [5.41, 5.74) is 25.2. The molecular weight excluding hydrogens is 593 g/mol. The van der Waals surface area contributed by atoms with E-state index in [1.54, 1.807) is 0 Å². The fraction of sp³-hybridized carbons (Fsp3) is 0.489. The Hall–Kier alpha value is -3.52. The lowest BCUT2D eigenvalue weighted by Gasteiger charge is -2.45. The lowest BCUT2D eigenvalue weighted by atomic mass is 9.59. The number of aryl methyl sites for hydroxylation is 2. The minimum absolute atomic E-state index is 0.0277. The van der Waals surface area contributed by atoms with Crippen LogP contribution in [0, 0.1) is 19.8 Å². The Morgan fingerprint density at radius 2 is 1.02 bits per heavy atom. The van der Waals surface area contributed by atoms with Crippen LogP contribution in [-0.4, -0.2) is 0 Å². The summed E-state index contributed by atoms with van der Waals surface area (Å²) in [5, 5.41) is 0. The van der Waals surface area contributed by atoms with E-state index in [9.17, 15) is 0 Å². The molecule has 0 heterocycles. The molecule has 0 bridgehead atoms. The number of anilines is 2. The smallest absolute Gasteiger partial charge is 0.0316 e. The van der Waals surface area contributed by atoms with Crippen LogP contribution in [-0.2, 0) is 5.41 Å². The fourth-order valence-electron chi connectivity index (χ4n) is 9.39. The van der Waals surface area contributed by atoms with Gasteiger partial charge in [0.15, 0.2) is 0 Å². The molecule has 49 heavy (non-hydrogen) atoms. The molecule has 0 saturated heterocycles. The Labute approximate surface area is 299 Å². The van der Waals surface area contributed by atoms with Crippen LogP contribution in [0.25, 0.3) is 0 Å². The summed E-state index contributed by atoms with van der Waals surface area (Å²) in [6.45, 7) is 11.4. The fourth-order valence-corrected chi connectivity index (χ4v) is 9.39. The molecular formula is C47H64N2. The highest BCUT2D eigenvalue weighted by Gasteiger charge is 2.42. The first-order chi connectivity index (χ1) is 23.8. The molecule has 0 amide bonds.